The van der Waals surface area contributed by atoms with Gasteiger partial charge in [-0.15, -0.1) is 0 Å². The van der Waals surface area contributed by atoms with Crippen LogP contribution in [0.1, 0.15) is 35.1 Å². The number of aryl methyl sites for hydroxylation is 1. The summed E-state index contributed by atoms with van der Waals surface area (Å²) in [6.45, 7) is 3.61. The average Bonchev–Trinajstić information content (AvgIpc) is 2.63. The molecule has 144 valence electrons. The lowest BCUT2D eigenvalue weighted by Crippen LogP contribution is -2.33. The minimum atomic E-state index is -0.800. The standard InChI is InChI=1S/C18H23FN6O2/c1-3-16(25(22)9-12-8-23-11(2)24-17(12)21)15(20)10-27-18(26)13-6-4-5-7-14(13)19/h4-8H,3,9-10,20,22H2,1-2H3,(H2,21,23,24)/b16-15-. The first-order valence-corrected chi connectivity index (χ1v) is 8.32. The van der Waals surface area contributed by atoms with Crippen molar-refractivity contribution in [3.63, 3.8) is 0 Å². The number of ether oxygens (including phenoxy) is 1. The SMILES string of the molecule is CC/C(=C(/N)COC(=O)c1ccccc1F)N(N)Cc1cnc(C)nc1N. The summed E-state index contributed by atoms with van der Waals surface area (Å²) in [5, 5.41) is 1.40. The number of benzene rings is 1. The molecule has 1 aromatic heterocycles. The predicted octanol–water partition coefficient (Wildman–Crippen LogP) is 1.62. The second kappa shape index (κ2) is 8.95. The Labute approximate surface area is 156 Å². The first-order chi connectivity index (χ1) is 12.8. The highest BCUT2D eigenvalue weighted by Crippen LogP contribution is 2.16. The number of halogens is 1. The molecule has 0 unspecified atom stereocenters. The second-order valence-electron chi connectivity index (χ2n) is 5.84. The zero-order chi connectivity index (χ0) is 20.0. The van der Waals surface area contributed by atoms with Gasteiger partial charge in [-0.25, -0.2) is 25.0 Å². The number of carbonyl (C=O) groups is 1. The summed E-state index contributed by atoms with van der Waals surface area (Å²) in [7, 11) is 0. The summed E-state index contributed by atoms with van der Waals surface area (Å²) in [6, 6.07) is 5.56. The van der Waals surface area contributed by atoms with Gasteiger partial charge in [0.15, 0.2) is 0 Å². The van der Waals surface area contributed by atoms with Crippen molar-refractivity contribution in [2.24, 2.45) is 11.6 Å². The van der Waals surface area contributed by atoms with E-state index in [1.165, 1.54) is 23.2 Å². The van der Waals surface area contributed by atoms with Crippen molar-refractivity contribution >= 4 is 11.8 Å². The summed E-state index contributed by atoms with van der Waals surface area (Å²) < 4.78 is 18.7. The third kappa shape index (κ3) is 5.14. The van der Waals surface area contributed by atoms with Crippen LogP contribution in [0.2, 0.25) is 0 Å². The van der Waals surface area contributed by atoms with E-state index in [9.17, 15) is 9.18 Å². The largest absolute Gasteiger partial charge is 0.456 e. The van der Waals surface area contributed by atoms with Crippen LogP contribution in [-0.4, -0.2) is 27.6 Å². The number of esters is 1. The zero-order valence-corrected chi connectivity index (χ0v) is 15.3. The highest BCUT2D eigenvalue weighted by atomic mass is 19.1. The molecule has 0 saturated carbocycles. The molecule has 0 amide bonds. The van der Waals surface area contributed by atoms with E-state index in [1.807, 2.05) is 6.92 Å². The second-order valence-corrected chi connectivity index (χ2v) is 5.84. The van der Waals surface area contributed by atoms with Crippen LogP contribution in [0.25, 0.3) is 0 Å². The Balaban J connectivity index is 2.07. The molecule has 0 aliphatic heterocycles. The molecule has 0 spiro atoms. The van der Waals surface area contributed by atoms with Crippen molar-refractivity contribution < 1.29 is 13.9 Å². The van der Waals surface area contributed by atoms with E-state index in [0.717, 1.165) is 0 Å². The summed E-state index contributed by atoms with van der Waals surface area (Å²) >= 11 is 0. The molecule has 6 N–H and O–H groups in total. The Kier molecular flexibility index (Phi) is 6.67. The molecular formula is C18H23FN6O2. The predicted molar refractivity (Wildman–Crippen MR) is 99.1 cm³/mol. The summed E-state index contributed by atoms with van der Waals surface area (Å²) in [6.07, 6.45) is 2.09. The van der Waals surface area contributed by atoms with Crippen LogP contribution < -0.4 is 17.3 Å². The topological polar surface area (TPSA) is 133 Å². The fourth-order valence-corrected chi connectivity index (χ4v) is 2.46. The van der Waals surface area contributed by atoms with Crippen molar-refractivity contribution in [2.45, 2.75) is 26.8 Å². The van der Waals surface area contributed by atoms with Gasteiger partial charge >= 0.3 is 5.97 Å². The minimum Gasteiger partial charge on any atom is -0.456 e. The van der Waals surface area contributed by atoms with Crippen molar-refractivity contribution in [1.29, 1.82) is 0 Å². The normalized spacial score (nSPS) is 11.7. The Bertz CT molecular complexity index is 855. The molecule has 1 heterocycles. The van der Waals surface area contributed by atoms with Gasteiger partial charge in [0, 0.05) is 11.8 Å². The van der Waals surface area contributed by atoms with Gasteiger partial charge in [-0.05, 0) is 25.5 Å². The van der Waals surface area contributed by atoms with Gasteiger partial charge in [0.2, 0.25) is 0 Å². The number of rotatable bonds is 7. The quantitative estimate of drug-likeness (QED) is 0.378. The third-order valence-corrected chi connectivity index (χ3v) is 3.86. The number of aromatic nitrogens is 2. The maximum absolute atomic E-state index is 13.6. The molecule has 0 atom stereocenters. The molecule has 9 heteroatoms. The Hall–Kier alpha value is -3.20. The molecular weight excluding hydrogens is 351 g/mol. The molecule has 2 rings (SSSR count). The average molecular weight is 374 g/mol. The number of anilines is 1. The molecule has 0 aliphatic carbocycles. The molecule has 0 radical (unpaired) electrons. The molecule has 0 aliphatic rings. The number of carbonyl (C=O) groups excluding carboxylic acids is 1. The van der Waals surface area contributed by atoms with Gasteiger partial charge in [-0.2, -0.15) is 0 Å². The van der Waals surface area contributed by atoms with E-state index in [2.05, 4.69) is 9.97 Å². The van der Waals surface area contributed by atoms with Crippen LogP contribution in [0.15, 0.2) is 41.9 Å². The van der Waals surface area contributed by atoms with Crippen LogP contribution in [0.4, 0.5) is 10.2 Å². The van der Waals surface area contributed by atoms with Gasteiger partial charge in [0.05, 0.1) is 23.5 Å². The Morgan fingerprint density at radius 3 is 2.67 bits per heavy atom. The van der Waals surface area contributed by atoms with E-state index in [-0.39, 0.29) is 24.4 Å². The van der Waals surface area contributed by atoms with Crippen molar-refractivity contribution in [1.82, 2.24) is 15.0 Å². The van der Waals surface area contributed by atoms with Crippen molar-refractivity contribution in [3.05, 3.63) is 64.6 Å². The van der Waals surface area contributed by atoms with Crippen molar-refractivity contribution in [3.8, 4) is 0 Å². The number of hydrogen-bond donors (Lipinski definition) is 3. The molecule has 0 fully saturated rings. The smallest absolute Gasteiger partial charge is 0.341 e. The monoisotopic (exact) mass is 374 g/mol. The van der Waals surface area contributed by atoms with E-state index >= 15 is 0 Å². The number of nitrogens with two attached hydrogens (primary N) is 3. The van der Waals surface area contributed by atoms with E-state index in [0.29, 0.717) is 29.3 Å². The maximum atomic E-state index is 13.6. The summed E-state index contributed by atoms with van der Waals surface area (Å²) in [5.41, 5.74) is 13.2. The van der Waals surface area contributed by atoms with E-state index < -0.39 is 11.8 Å². The Morgan fingerprint density at radius 1 is 1.33 bits per heavy atom. The lowest BCUT2D eigenvalue weighted by Gasteiger charge is -2.23. The van der Waals surface area contributed by atoms with Crippen LogP contribution in [0, 0.1) is 12.7 Å². The van der Waals surface area contributed by atoms with Gasteiger partial charge in [-0.3, -0.25) is 0 Å². The van der Waals surface area contributed by atoms with Gasteiger partial charge in [0.1, 0.15) is 24.1 Å². The number of hydrogen-bond acceptors (Lipinski definition) is 8. The van der Waals surface area contributed by atoms with Gasteiger partial charge < -0.3 is 21.2 Å². The molecule has 2 aromatic rings. The van der Waals surface area contributed by atoms with Crippen molar-refractivity contribution in [2.75, 3.05) is 12.3 Å². The highest BCUT2D eigenvalue weighted by Gasteiger charge is 2.16. The van der Waals surface area contributed by atoms with E-state index in [1.54, 1.807) is 19.2 Å². The zero-order valence-electron chi connectivity index (χ0n) is 15.3. The summed E-state index contributed by atoms with van der Waals surface area (Å²) in [4.78, 5) is 20.2. The van der Waals surface area contributed by atoms with Crippen LogP contribution in [0.3, 0.4) is 0 Å². The summed E-state index contributed by atoms with van der Waals surface area (Å²) in [5.74, 6) is 5.53. The molecule has 27 heavy (non-hydrogen) atoms. The third-order valence-electron chi connectivity index (χ3n) is 3.86. The van der Waals surface area contributed by atoms with Crippen LogP contribution in [-0.2, 0) is 11.3 Å². The fourth-order valence-electron chi connectivity index (χ4n) is 2.46. The minimum absolute atomic E-state index is 0.155. The van der Waals surface area contributed by atoms with E-state index in [4.69, 9.17) is 22.0 Å². The molecule has 0 saturated heterocycles. The number of nitrogens with zero attached hydrogens (tertiary/aromatic N) is 3. The fraction of sp³-hybridized carbons (Fsp3) is 0.278. The van der Waals surface area contributed by atoms with Crippen LogP contribution in [0.5, 0.6) is 0 Å². The lowest BCUT2D eigenvalue weighted by molar-refractivity contribution is 0.0530. The van der Waals surface area contributed by atoms with Gasteiger partial charge in [-0.1, -0.05) is 19.1 Å². The van der Waals surface area contributed by atoms with Gasteiger partial charge in [0.25, 0.3) is 0 Å². The molecule has 1 aromatic carbocycles. The lowest BCUT2D eigenvalue weighted by atomic mass is 10.2. The highest BCUT2D eigenvalue weighted by molar-refractivity contribution is 5.89. The number of allylic oxidation sites excluding steroid dienone is 1. The maximum Gasteiger partial charge on any atom is 0.341 e. The first-order valence-electron chi connectivity index (χ1n) is 8.32. The van der Waals surface area contributed by atoms with Crippen LogP contribution >= 0.6 is 0 Å². The molecule has 0 bridgehead atoms. The molecule has 8 nitrogen and oxygen atoms in total. The number of nitrogen functional groups attached to an aromatic ring is 1. The first kappa shape index (κ1) is 20.1. The number of hydrazine groups is 1. The Morgan fingerprint density at radius 2 is 2.04 bits per heavy atom.